The van der Waals surface area contributed by atoms with Gasteiger partial charge in [0.2, 0.25) is 0 Å². The van der Waals surface area contributed by atoms with Crippen molar-refractivity contribution in [2.24, 2.45) is 0 Å². The second-order valence-electron chi connectivity index (χ2n) is 16.1. The quantitative estimate of drug-likeness (QED) is 0.0396. The number of pyridine rings is 1. The highest BCUT2D eigenvalue weighted by Crippen LogP contribution is 2.29. The molecule has 0 fully saturated rings. The molecule has 0 amide bonds. The molecule has 0 bridgehead atoms. The number of nitrogens with zero attached hydrogens (tertiary/aromatic N) is 3. The number of aromatic nitrogens is 3. The fourth-order valence-electron chi connectivity index (χ4n) is 7.09. The third-order valence-corrected chi connectivity index (χ3v) is 10.9. The van der Waals surface area contributed by atoms with E-state index in [1.165, 1.54) is 25.3 Å². The largest absolute Gasteiger partial charge is 0.494 e. The highest BCUT2D eigenvalue weighted by molar-refractivity contribution is 5.65. The fourth-order valence-corrected chi connectivity index (χ4v) is 7.09. The van der Waals surface area contributed by atoms with Crippen molar-refractivity contribution in [1.29, 1.82) is 0 Å². The Labute approximate surface area is 385 Å². The van der Waals surface area contributed by atoms with E-state index in [1.54, 1.807) is 30.7 Å². The van der Waals surface area contributed by atoms with Crippen LogP contribution >= 0.6 is 0 Å². The molecule has 0 N–H and O–H groups in total. The minimum absolute atomic E-state index is 0.335. The number of hydrogen-bond acceptors (Lipinski definition) is 9. The van der Waals surface area contributed by atoms with Crippen LogP contribution in [0.3, 0.4) is 0 Å². The highest BCUT2D eigenvalue weighted by Gasteiger charge is 2.11. The Bertz CT molecular complexity index is 2220. The van der Waals surface area contributed by atoms with Crippen molar-refractivity contribution in [1.82, 2.24) is 15.0 Å². The molecule has 6 aromatic rings. The van der Waals surface area contributed by atoms with Crippen molar-refractivity contribution < 1.29 is 32.8 Å². The van der Waals surface area contributed by atoms with Crippen molar-refractivity contribution in [2.75, 3.05) is 39.6 Å². The van der Waals surface area contributed by atoms with Crippen molar-refractivity contribution >= 4 is 0 Å². The zero-order valence-corrected chi connectivity index (χ0v) is 38.4. The molecule has 6 rings (SSSR count). The summed E-state index contributed by atoms with van der Waals surface area (Å²) in [7, 11) is 0. The second kappa shape index (κ2) is 27.9. The smallest absolute Gasteiger partial charge is 0.162 e. The van der Waals surface area contributed by atoms with Crippen LogP contribution in [0.25, 0.3) is 33.8 Å². The van der Waals surface area contributed by atoms with Crippen LogP contribution < -0.4 is 28.4 Å². The van der Waals surface area contributed by atoms with Gasteiger partial charge in [0.15, 0.2) is 17.3 Å². The molecule has 0 unspecified atom stereocenters. The molecule has 0 radical (unpaired) electrons. The van der Waals surface area contributed by atoms with Crippen LogP contribution in [-0.2, 0) is 0 Å². The van der Waals surface area contributed by atoms with E-state index in [0.29, 0.717) is 50.2 Å². The van der Waals surface area contributed by atoms with Gasteiger partial charge in [-0.25, -0.2) is 14.4 Å². The molecule has 65 heavy (non-hydrogen) atoms. The zero-order valence-electron chi connectivity index (χ0n) is 38.4. The molecule has 2 heterocycles. The van der Waals surface area contributed by atoms with Crippen LogP contribution in [0.15, 0.2) is 122 Å². The summed E-state index contributed by atoms with van der Waals surface area (Å²) in [5, 5.41) is 0. The van der Waals surface area contributed by atoms with Gasteiger partial charge < -0.3 is 28.4 Å². The number of rotatable bonds is 31. The lowest BCUT2D eigenvalue weighted by Crippen LogP contribution is -2.03. The van der Waals surface area contributed by atoms with Crippen LogP contribution in [0.2, 0.25) is 0 Å². The second-order valence-corrected chi connectivity index (χ2v) is 16.1. The van der Waals surface area contributed by atoms with E-state index in [2.05, 4.69) is 40.9 Å². The van der Waals surface area contributed by atoms with Crippen LogP contribution in [0.4, 0.5) is 4.39 Å². The Morgan fingerprint density at radius 1 is 0.385 bits per heavy atom. The van der Waals surface area contributed by atoms with E-state index in [4.69, 9.17) is 28.4 Å². The first kappa shape index (κ1) is 48.3. The van der Waals surface area contributed by atoms with Gasteiger partial charge in [-0.05, 0) is 143 Å². The molecule has 0 aliphatic rings. The molecule has 0 saturated heterocycles. The SMILES string of the molecule is CCCCCCOc1ccc(-c2ccc(OCCCCCCOc3ccccc3OCCCCCCOc3ccc(-c4cnc(-c5ccc(OCCCC)cc5F)nc4)cc3)cn2)cc1. The van der Waals surface area contributed by atoms with Crippen molar-refractivity contribution in [2.45, 2.75) is 104 Å². The monoisotopic (exact) mass is 883 g/mol. The molecule has 2 aromatic heterocycles. The minimum Gasteiger partial charge on any atom is -0.494 e. The lowest BCUT2D eigenvalue weighted by atomic mass is 10.1. The fraction of sp³-hybridized carbons (Fsp3) is 0.400. The van der Waals surface area contributed by atoms with E-state index in [0.717, 1.165) is 128 Å². The maximum absolute atomic E-state index is 14.8. The normalized spacial score (nSPS) is 11.0. The molecule has 0 aliphatic heterocycles. The van der Waals surface area contributed by atoms with E-state index in [1.807, 2.05) is 72.8 Å². The predicted molar refractivity (Wildman–Crippen MR) is 258 cm³/mol. The van der Waals surface area contributed by atoms with Crippen LogP contribution in [0.1, 0.15) is 104 Å². The average Bonchev–Trinajstić information content (AvgIpc) is 3.34. The third-order valence-electron chi connectivity index (χ3n) is 10.9. The molecule has 0 atom stereocenters. The van der Waals surface area contributed by atoms with Crippen LogP contribution in [0.5, 0.6) is 34.5 Å². The third kappa shape index (κ3) is 16.7. The molecule has 0 saturated carbocycles. The van der Waals surface area contributed by atoms with Crippen LogP contribution in [0, 0.1) is 5.82 Å². The molecule has 344 valence electrons. The topological polar surface area (TPSA) is 94.1 Å². The molecule has 0 spiro atoms. The summed E-state index contributed by atoms with van der Waals surface area (Å²) in [6.07, 6.45) is 20.1. The van der Waals surface area contributed by atoms with Crippen LogP contribution in [-0.4, -0.2) is 54.6 Å². The molecule has 4 aromatic carbocycles. The predicted octanol–water partition coefficient (Wildman–Crippen LogP) is 14.2. The van der Waals surface area contributed by atoms with E-state index in [9.17, 15) is 4.39 Å². The lowest BCUT2D eigenvalue weighted by Gasteiger charge is -2.13. The minimum atomic E-state index is -0.403. The Morgan fingerprint density at radius 2 is 0.846 bits per heavy atom. The Hall–Kier alpha value is -6.16. The maximum Gasteiger partial charge on any atom is 0.162 e. The summed E-state index contributed by atoms with van der Waals surface area (Å²) >= 11 is 0. The number of halogens is 1. The number of ether oxygens (including phenoxy) is 6. The Morgan fingerprint density at radius 3 is 1.37 bits per heavy atom. The summed E-state index contributed by atoms with van der Waals surface area (Å²) in [4.78, 5) is 13.5. The van der Waals surface area contributed by atoms with Crippen molar-refractivity contribution in [3.63, 3.8) is 0 Å². The summed E-state index contributed by atoms with van der Waals surface area (Å²) in [6.45, 7) is 8.24. The summed E-state index contributed by atoms with van der Waals surface area (Å²) in [5.74, 6) is 4.54. The van der Waals surface area contributed by atoms with Gasteiger partial charge in [0.05, 0.1) is 57.1 Å². The number of hydrogen-bond donors (Lipinski definition) is 0. The summed E-state index contributed by atoms with van der Waals surface area (Å²) < 4.78 is 50.4. The van der Waals surface area contributed by atoms with E-state index >= 15 is 0 Å². The maximum atomic E-state index is 14.8. The first-order valence-corrected chi connectivity index (χ1v) is 23.7. The van der Waals surface area contributed by atoms with Crippen molar-refractivity contribution in [3.05, 3.63) is 128 Å². The zero-order chi connectivity index (χ0) is 45.2. The molecular weight excluding hydrogens is 818 g/mol. The lowest BCUT2D eigenvalue weighted by molar-refractivity contribution is 0.254. The van der Waals surface area contributed by atoms with Gasteiger partial charge in [-0.3, -0.25) is 4.98 Å². The van der Waals surface area contributed by atoms with E-state index in [-0.39, 0.29) is 0 Å². The van der Waals surface area contributed by atoms with Gasteiger partial charge in [-0.1, -0.05) is 63.8 Å². The molecular formula is C55H66FN3O6. The van der Waals surface area contributed by atoms with Gasteiger partial charge in [0.1, 0.15) is 28.8 Å². The molecule has 9 nitrogen and oxygen atoms in total. The number of para-hydroxylation sites is 2. The van der Waals surface area contributed by atoms with Crippen molar-refractivity contribution in [3.8, 4) is 68.3 Å². The highest BCUT2D eigenvalue weighted by atomic mass is 19.1. The average molecular weight is 884 g/mol. The van der Waals surface area contributed by atoms with Gasteiger partial charge in [0.25, 0.3) is 0 Å². The first-order chi connectivity index (χ1) is 32.1. The van der Waals surface area contributed by atoms with E-state index < -0.39 is 5.82 Å². The Balaban J connectivity index is 0.778. The number of unbranched alkanes of at least 4 members (excludes halogenated alkanes) is 10. The summed E-state index contributed by atoms with van der Waals surface area (Å²) in [6, 6.07) is 32.8. The van der Waals surface area contributed by atoms with Gasteiger partial charge in [-0.15, -0.1) is 0 Å². The standard InChI is InChI=1S/C55H66FN3O6/c1-3-5-7-14-34-60-47-27-23-44(24-28-47)52-32-30-49(42-57-52)63-36-16-9-11-18-38-65-54-20-13-12-19-53(54)64-37-17-10-8-15-35-61-46-25-21-43(22-26-46)45-40-58-55(59-41-45)50-31-29-48(39-51(50)56)62-33-6-4-2/h12-13,19-32,39-42H,3-11,14-18,33-38H2,1-2H3. The molecule has 0 aliphatic carbocycles. The van der Waals surface area contributed by atoms with Gasteiger partial charge >= 0.3 is 0 Å². The number of benzene rings is 4. The molecule has 10 heteroatoms. The summed E-state index contributed by atoms with van der Waals surface area (Å²) in [5.41, 5.74) is 4.13. The first-order valence-electron chi connectivity index (χ1n) is 23.7. The van der Waals surface area contributed by atoms with Gasteiger partial charge in [0, 0.05) is 29.6 Å². The van der Waals surface area contributed by atoms with Gasteiger partial charge in [-0.2, -0.15) is 0 Å². The Kier molecular flexibility index (Phi) is 20.7.